The van der Waals surface area contributed by atoms with Crippen molar-refractivity contribution in [2.45, 2.75) is 44.8 Å². The zero-order chi connectivity index (χ0) is 20.9. The number of carboxylic acid groups (broad SMARTS) is 1. The van der Waals surface area contributed by atoms with Gasteiger partial charge in [-0.3, -0.25) is 4.79 Å². The zero-order valence-electron chi connectivity index (χ0n) is 16.1. The first-order valence-electron chi connectivity index (χ1n) is 9.53. The van der Waals surface area contributed by atoms with E-state index in [1.165, 1.54) is 6.20 Å². The van der Waals surface area contributed by atoms with Crippen LogP contribution in [0.25, 0.3) is 10.9 Å². The molecule has 2 heterocycles. The van der Waals surface area contributed by atoms with Crippen LogP contribution in [0.15, 0.2) is 17.1 Å². The molecule has 2 fully saturated rings. The summed E-state index contributed by atoms with van der Waals surface area (Å²) in [7, 11) is 0. The molecule has 0 amide bonds. The monoisotopic (exact) mass is 400 g/mol. The van der Waals surface area contributed by atoms with Crippen LogP contribution in [-0.2, 0) is 0 Å². The Hall–Kier alpha value is -3.12. The van der Waals surface area contributed by atoms with Crippen LogP contribution in [0.5, 0.6) is 5.75 Å². The van der Waals surface area contributed by atoms with E-state index in [0.29, 0.717) is 18.6 Å². The molecule has 9 heteroatoms. The minimum Gasteiger partial charge on any atom is -0.449 e. The normalized spacial score (nSPS) is 21.8. The van der Waals surface area contributed by atoms with Crippen molar-refractivity contribution in [3.8, 4) is 11.8 Å². The number of nitrogens with zero attached hydrogens (tertiary/aromatic N) is 3. The van der Waals surface area contributed by atoms with Gasteiger partial charge in [-0.25, -0.2) is 9.18 Å². The SMILES string of the molecule is CC1CN(c2c(F)cc3c(=O)c(OC(=O)O)cn(C4CC4)c3c2C#N)CC(C)N1. The Morgan fingerprint density at radius 3 is 2.55 bits per heavy atom. The molecular weight excluding hydrogens is 379 g/mol. The number of halogens is 1. The molecule has 1 aromatic heterocycles. The van der Waals surface area contributed by atoms with Gasteiger partial charge in [-0.15, -0.1) is 0 Å². The number of piperazine rings is 1. The number of pyridine rings is 1. The maximum Gasteiger partial charge on any atom is 0.511 e. The molecule has 4 rings (SSSR count). The van der Waals surface area contributed by atoms with E-state index in [-0.39, 0.29) is 34.8 Å². The Kier molecular flexibility index (Phi) is 4.67. The van der Waals surface area contributed by atoms with E-state index in [2.05, 4.69) is 16.1 Å². The second-order valence-corrected chi connectivity index (χ2v) is 7.79. The largest absolute Gasteiger partial charge is 0.511 e. The molecule has 2 aliphatic rings. The fourth-order valence-corrected chi connectivity index (χ4v) is 4.19. The van der Waals surface area contributed by atoms with Gasteiger partial charge in [0.25, 0.3) is 0 Å². The highest BCUT2D eigenvalue weighted by Crippen LogP contribution is 2.40. The first-order chi connectivity index (χ1) is 13.8. The molecular formula is C20H21FN4O4. The van der Waals surface area contributed by atoms with E-state index >= 15 is 4.39 Å². The van der Waals surface area contributed by atoms with Gasteiger partial charge >= 0.3 is 6.16 Å². The van der Waals surface area contributed by atoms with Gasteiger partial charge in [0.15, 0.2) is 5.75 Å². The summed E-state index contributed by atoms with van der Waals surface area (Å²) in [6.07, 6.45) is 1.35. The van der Waals surface area contributed by atoms with Crippen LogP contribution in [0.3, 0.4) is 0 Å². The van der Waals surface area contributed by atoms with Crippen LogP contribution in [0.2, 0.25) is 0 Å². The first-order valence-corrected chi connectivity index (χ1v) is 9.53. The fourth-order valence-electron chi connectivity index (χ4n) is 4.19. The zero-order valence-corrected chi connectivity index (χ0v) is 16.1. The van der Waals surface area contributed by atoms with Crippen LogP contribution in [0, 0.1) is 17.1 Å². The Morgan fingerprint density at radius 1 is 1.34 bits per heavy atom. The van der Waals surface area contributed by atoms with Gasteiger partial charge < -0.3 is 24.6 Å². The van der Waals surface area contributed by atoms with E-state index in [0.717, 1.165) is 18.9 Å². The van der Waals surface area contributed by atoms with E-state index in [1.54, 1.807) is 4.57 Å². The third-order valence-electron chi connectivity index (χ3n) is 5.33. The van der Waals surface area contributed by atoms with Gasteiger partial charge in [-0.2, -0.15) is 5.26 Å². The first kappa shape index (κ1) is 19.2. The smallest absolute Gasteiger partial charge is 0.449 e. The third-order valence-corrected chi connectivity index (χ3v) is 5.33. The van der Waals surface area contributed by atoms with Crippen molar-refractivity contribution in [1.29, 1.82) is 5.26 Å². The van der Waals surface area contributed by atoms with Crippen LogP contribution >= 0.6 is 0 Å². The number of anilines is 1. The van der Waals surface area contributed by atoms with Crippen molar-refractivity contribution in [2.24, 2.45) is 0 Å². The number of ether oxygens (including phenoxy) is 1. The number of aromatic nitrogens is 1. The number of carbonyl (C=O) groups is 1. The quantitative estimate of drug-likeness (QED) is 0.763. The van der Waals surface area contributed by atoms with Crippen LogP contribution < -0.4 is 20.4 Å². The van der Waals surface area contributed by atoms with Crippen molar-refractivity contribution < 1.29 is 19.0 Å². The molecule has 2 N–H and O–H groups in total. The molecule has 1 aliphatic heterocycles. The van der Waals surface area contributed by atoms with Gasteiger partial charge in [0.05, 0.1) is 22.8 Å². The lowest BCUT2D eigenvalue weighted by Gasteiger charge is -2.38. The average molecular weight is 400 g/mol. The highest BCUT2D eigenvalue weighted by Gasteiger charge is 2.32. The molecule has 1 saturated heterocycles. The number of fused-ring (bicyclic) bond motifs is 1. The summed E-state index contributed by atoms with van der Waals surface area (Å²) in [5.41, 5.74) is -0.149. The summed E-state index contributed by atoms with van der Waals surface area (Å²) >= 11 is 0. The van der Waals surface area contributed by atoms with Crippen molar-refractivity contribution in [1.82, 2.24) is 9.88 Å². The second kappa shape index (κ2) is 7.04. The topological polar surface area (TPSA) is 108 Å². The lowest BCUT2D eigenvalue weighted by Crippen LogP contribution is -2.54. The lowest BCUT2D eigenvalue weighted by atomic mass is 10.0. The van der Waals surface area contributed by atoms with Gasteiger partial charge in [0.2, 0.25) is 5.43 Å². The number of benzene rings is 1. The molecule has 0 bridgehead atoms. The summed E-state index contributed by atoms with van der Waals surface area (Å²) in [4.78, 5) is 25.6. The van der Waals surface area contributed by atoms with E-state index in [1.807, 2.05) is 18.7 Å². The van der Waals surface area contributed by atoms with Crippen molar-refractivity contribution >= 4 is 22.7 Å². The standard InChI is InChI=1S/C20H21FN4O4/c1-10-7-24(8-11(2)23-10)18-14(6-22)17-13(5-15(18)21)19(26)16(29-20(27)28)9-25(17)12-3-4-12/h5,9-12,23H,3-4,7-8H2,1-2H3,(H,27,28). The summed E-state index contributed by atoms with van der Waals surface area (Å²) < 4.78 is 21.5. The molecule has 1 aromatic carbocycles. The Balaban J connectivity index is 2.00. The summed E-state index contributed by atoms with van der Waals surface area (Å²) in [5, 5.41) is 22.2. The molecule has 29 heavy (non-hydrogen) atoms. The van der Waals surface area contributed by atoms with Crippen molar-refractivity contribution in [2.75, 3.05) is 18.0 Å². The van der Waals surface area contributed by atoms with Crippen LogP contribution in [0.1, 0.15) is 38.3 Å². The van der Waals surface area contributed by atoms with Gasteiger partial charge in [-0.05, 0) is 32.8 Å². The van der Waals surface area contributed by atoms with E-state index < -0.39 is 23.2 Å². The van der Waals surface area contributed by atoms with Crippen molar-refractivity contribution in [3.63, 3.8) is 0 Å². The maximum atomic E-state index is 15.2. The minimum absolute atomic E-state index is 0.0144. The predicted octanol–water partition coefficient (Wildman–Crippen LogP) is 2.59. The average Bonchev–Trinajstić information content (AvgIpc) is 3.47. The Bertz CT molecular complexity index is 1090. The van der Waals surface area contributed by atoms with Crippen LogP contribution in [0.4, 0.5) is 14.9 Å². The molecule has 152 valence electrons. The maximum absolute atomic E-state index is 15.2. The van der Waals surface area contributed by atoms with Gasteiger partial charge in [0.1, 0.15) is 17.4 Å². The number of nitrogens with one attached hydrogen (secondary N) is 1. The highest BCUT2D eigenvalue weighted by molar-refractivity contribution is 5.92. The number of hydrogen-bond acceptors (Lipinski definition) is 6. The Labute approximate surface area is 166 Å². The summed E-state index contributed by atoms with van der Waals surface area (Å²) in [6, 6.07) is 3.43. The van der Waals surface area contributed by atoms with Crippen molar-refractivity contribution in [3.05, 3.63) is 33.9 Å². The second-order valence-electron chi connectivity index (χ2n) is 7.79. The molecule has 2 atom stereocenters. The molecule has 2 aromatic rings. The number of hydrogen-bond donors (Lipinski definition) is 2. The summed E-state index contributed by atoms with van der Waals surface area (Å²) in [5.74, 6) is -1.07. The summed E-state index contributed by atoms with van der Waals surface area (Å²) in [6.45, 7) is 5.03. The van der Waals surface area contributed by atoms with E-state index in [4.69, 9.17) is 5.11 Å². The van der Waals surface area contributed by atoms with E-state index in [9.17, 15) is 14.9 Å². The molecule has 2 unspecified atom stereocenters. The molecule has 0 spiro atoms. The highest BCUT2D eigenvalue weighted by atomic mass is 19.1. The number of rotatable bonds is 3. The molecule has 8 nitrogen and oxygen atoms in total. The van der Waals surface area contributed by atoms with Crippen LogP contribution in [-0.4, -0.2) is 41.0 Å². The molecule has 0 radical (unpaired) electrons. The minimum atomic E-state index is -1.62. The molecule has 1 aliphatic carbocycles. The fraction of sp³-hybridized carbons (Fsp3) is 0.450. The molecule has 1 saturated carbocycles. The van der Waals surface area contributed by atoms with Gasteiger partial charge in [-0.1, -0.05) is 0 Å². The predicted molar refractivity (Wildman–Crippen MR) is 104 cm³/mol. The Morgan fingerprint density at radius 2 is 2.00 bits per heavy atom. The number of nitriles is 1. The third kappa shape index (κ3) is 3.40. The lowest BCUT2D eigenvalue weighted by molar-refractivity contribution is 0.143. The van der Waals surface area contributed by atoms with Gasteiger partial charge in [0, 0.05) is 31.2 Å².